The summed E-state index contributed by atoms with van der Waals surface area (Å²) < 4.78 is 4.68. The van der Waals surface area contributed by atoms with Crippen molar-refractivity contribution in [3.63, 3.8) is 0 Å². The molecule has 74 valence electrons. The molecule has 0 unspecified atom stereocenters. The predicted octanol–water partition coefficient (Wildman–Crippen LogP) is 0.179. The first-order valence-corrected chi connectivity index (χ1v) is 4.31. The first-order chi connectivity index (χ1) is 6.72. The summed E-state index contributed by atoms with van der Waals surface area (Å²) in [7, 11) is 1.36. The molecule has 2 aliphatic heterocycles. The van der Waals surface area contributed by atoms with Crippen LogP contribution >= 0.6 is 0 Å². The van der Waals surface area contributed by atoms with E-state index in [0.29, 0.717) is 12.2 Å². The average Bonchev–Trinajstić information content (AvgIpc) is 2.62. The predicted molar refractivity (Wildman–Crippen MR) is 51.1 cm³/mol. The van der Waals surface area contributed by atoms with Gasteiger partial charge in [-0.25, -0.2) is 15.2 Å². The van der Waals surface area contributed by atoms with E-state index >= 15 is 0 Å². The Balaban J connectivity index is 2.36. The Morgan fingerprint density at radius 2 is 2.50 bits per heavy atom. The van der Waals surface area contributed by atoms with E-state index in [0.717, 1.165) is 11.5 Å². The number of hydrogen-bond donors (Lipinski definition) is 1. The average molecular weight is 193 g/mol. The third kappa shape index (κ3) is 1.31. The molecule has 2 aliphatic rings. The number of nitrogens with one attached hydrogen (secondary N) is 1. The number of rotatable bonds is 1. The number of esters is 1. The number of aliphatic imine (C=N–C) groups is 1. The highest BCUT2D eigenvalue weighted by atomic mass is 16.5. The maximum Gasteiger partial charge on any atom is 0.356 e. The summed E-state index contributed by atoms with van der Waals surface area (Å²) in [5.74, 6) is 0.393. The summed E-state index contributed by atoms with van der Waals surface area (Å²) in [6.07, 6.45) is 3.61. The van der Waals surface area contributed by atoms with E-state index in [1.807, 2.05) is 13.0 Å². The zero-order valence-corrected chi connectivity index (χ0v) is 8.07. The molecule has 5 nitrogen and oxygen atoms in total. The Bertz CT molecular complexity index is 368. The van der Waals surface area contributed by atoms with Crippen LogP contribution in [0.5, 0.6) is 0 Å². The Kier molecular flexibility index (Phi) is 2.09. The van der Waals surface area contributed by atoms with Crippen molar-refractivity contribution in [3.8, 4) is 0 Å². The van der Waals surface area contributed by atoms with Gasteiger partial charge in [-0.2, -0.15) is 0 Å². The van der Waals surface area contributed by atoms with Crippen molar-refractivity contribution >= 4 is 11.7 Å². The Labute approximate surface area is 81.7 Å². The smallest absolute Gasteiger partial charge is 0.356 e. The molecule has 0 fully saturated rings. The standard InChI is InChI=1S/C9H11N3O2/c1-6-5-7(9(13)14-2)12-8(11-6)3-4-10-12/h3,5,10H,4H2,1-2H3. The lowest BCUT2D eigenvalue weighted by Crippen LogP contribution is -2.36. The summed E-state index contributed by atoms with van der Waals surface area (Å²) in [5, 5.41) is 1.64. The van der Waals surface area contributed by atoms with Crippen molar-refractivity contribution in [1.82, 2.24) is 10.4 Å². The molecule has 14 heavy (non-hydrogen) atoms. The third-order valence-electron chi connectivity index (χ3n) is 2.04. The van der Waals surface area contributed by atoms with Crippen LogP contribution in [0.25, 0.3) is 0 Å². The zero-order valence-electron chi connectivity index (χ0n) is 8.07. The maximum absolute atomic E-state index is 11.4. The van der Waals surface area contributed by atoms with E-state index in [4.69, 9.17) is 0 Å². The summed E-state index contributed by atoms with van der Waals surface area (Å²) in [6.45, 7) is 2.53. The van der Waals surface area contributed by atoms with Gasteiger partial charge in [-0.05, 0) is 19.1 Å². The van der Waals surface area contributed by atoms with Crippen LogP contribution < -0.4 is 5.43 Å². The van der Waals surface area contributed by atoms with E-state index in [9.17, 15) is 4.79 Å². The maximum atomic E-state index is 11.4. The second-order valence-corrected chi connectivity index (χ2v) is 3.03. The third-order valence-corrected chi connectivity index (χ3v) is 2.04. The molecule has 0 saturated heterocycles. The van der Waals surface area contributed by atoms with Gasteiger partial charge in [0.1, 0.15) is 11.5 Å². The number of hydrogen-bond acceptors (Lipinski definition) is 5. The van der Waals surface area contributed by atoms with Gasteiger partial charge in [0, 0.05) is 12.3 Å². The number of hydrazine groups is 1. The van der Waals surface area contributed by atoms with Crippen LogP contribution in [0, 0.1) is 0 Å². The van der Waals surface area contributed by atoms with Crippen LogP contribution in [-0.2, 0) is 9.53 Å². The van der Waals surface area contributed by atoms with E-state index < -0.39 is 0 Å². The van der Waals surface area contributed by atoms with Gasteiger partial charge in [0.15, 0.2) is 0 Å². The number of ether oxygens (including phenoxy) is 1. The molecule has 2 heterocycles. The number of methoxy groups -OCH3 is 1. The van der Waals surface area contributed by atoms with E-state index in [-0.39, 0.29) is 5.97 Å². The van der Waals surface area contributed by atoms with E-state index in [1.165, 1.54) is 7.11 Å². The highest BCUT2D eigenvalue weighted by Crippen LogP contribution is 2.21. The second kappa shape index (κ2) is 3.26. The minimum atomic E-state index is -0.362. The molecule has 0 atom stereocenters. The molecule has 0 aliphatic carbocycles. The molecule has 0 radical (unpaired) electrons. The zero-order chi connectivity index (χ0) is 10.1. The number of allylic oxidation sites excluding steroid dienone is 1. The fourth-order valence-corrected chi connectivity index (χ4v) is 1.43. The first kappa shape index (κ1) is 8.96. The van der Waals surface area contributed by atoms with Gasteiger partial charge in [-0.3, -0.25) is 5.01 Å². The largest absolute Gasteiger partial charge is 0.464 e. The van der Waals surface area contributed by atoms with Gasteiger partial charge in [-0.1, -0.05) is 0 Å². The van der Waals surface area contributed by atoms with Crippen molar-refractivity contribution in [2.24, 2.45) is 4.99 Å². The fraction of sp³-hybridized carbons (Fsp3) is 0.333. The molecule has 0 aromatic carbocycles. The molecule has 0 aromatic rings. The highest BCUT2D eigenvalue weighted by Gasteiger charge is 2.27. The van der Waals surface area contributed by atoms with Crippen molar-refractivity contribution in [3.05, 3.63) is 23.7 Å². The van der Waals surface area contributed by atoms with E-state index in [1.54, 1.807) is 11.1 Å². The van der Waals surface area contributed by atoms with Gasteiger partial charge < -0.3 is 4.74 Å². The molecular weight excluding hydrogens is 182 g/mol. The van der Waals surface area contributed by atoms with Gasteiger partial charge in [0.25, 0.3) is 0 Å². The number of carbonyl (C=O) groups excluding carboxylic acids is 1. The minimum absolute atomic E-state index is 0.362. The van der Waals surface area contributed by atoms with Gasteiger partial charge in [-0.15, -0.1) is 0 Å². The van der Waals surface area contributed by atoms with Crippen molar-refractivity contribution in [1.29, 1.82) is 0 Å². The summed E-state index contributed by atoms with van der Waals surface area (Å²) in [4.78, 5) is 15.7. The van der Waals surface area contributed by atoms with E-state index in [2.05, 4.69) is 15.2 Å². The fourth-order valence-electron chi connectivity index (χ4n) is 1.43. The lowest BCUT2D eigenvalue weighted by Gasteiger charge is -2.24. The molecule has 2 rings (SSSR count). The van der Waals surface area contributed by atoms with Crippen LogP contribution in [0.4, 0.5) is 0 Å². The Morgan fingerprint density at radius 1 is 1.71 bits per heavy atom. The lowest BCUT2D eigenvalue weighted by molar-refractivity contribution is -0.138. The highest BCUT2D eigenvalue weighted by molar-refractivity contribution is 6.02. The molecule has 0 amide bonds. The molecule has 1 N–H and O–H groups in total. The minimum Gasteiger partial charge on any atom is -0.464 e. The van der Waals surface area contributed by atoms with Crippen molar-refractivity contribution in [2.45, 2.75) is 6.92 Å². The SMILES string of the molecule is COC(=O)C1=CC(C)=NC2=CCNN21. The van der Waals surface area contributed by atoms with Crippen LogP contribution in [0.3, 0.4) is 0 Å². The Morgan fingerprint density at radius 3 is 3.21 bits per heavy atom. The summed E-state index contributed by atoms with van der Waals surface area (Å²) >= 11 is 0. The number of carbonyl (C=O) groups is 1. The molecule has 0 saturated carbocycles. The summed E-state index contributed by atoms with van der Waals surface area (Å²) in [6, 6.07) is 0. The Hall–Kier alpha value is -1.62. The number of nitrogens with zero attached hydrogens (tertiary/aromatic N) is 2. The van der Waals surface area contributed by atoms with Gasteiger partial charge in [0.05, 0.1) is 7.11 Å². The van der Waals surface area contributed by atoms with Crippen molar-refractivity contribution < 1.29 is 9.53 Å². The van der Waals surface area contributed by atoms with Crippen molar-refractivity contribution in [2.75, 3.05) is 13.7 Å². The summed E-state index contributed by atoms with van der Waals surface area (Å²) in [5.41, 5.74) is 4.29. The van der Waals surface area contributed by atoms with Gasteiger partial charge >= 0.3 is 5.97 Å². The molecular formula is C9H11N3O2. The molecule has 0 spiro atoms. The normalized spacial score (nSPS) is 19.6. The van der Waals surface area contributed by atoms with Crippen LogP contribution in [-0.4, -0.2) is 30.3 Å². The van der Waals surface area contributed by atoms with Gasteiger partial charge in [0.2, 0.25) is 0 Å². The molecule has 0 aromatic heterocycles. The van der Waals surface area contributed by atoms with Crippen LogP contribution in [0.15, 0.2) is 28.7 Å². The van der Waals surface area contributed by atoms with Crippen LogP contribution in [0.2, 0.25) is 0 Å². The first-order valence-electron chi connectivity index (χ1n) is 4.31. The quantitative estimate of drug-likeness (QED) is 0.603. The monoisotopic (exact) mass is 193 g/mol. The second-order valence-electron chi connectivity index (χ2n) is 3.03. The van der Waals surface area contributed by atoms with Crippen LogP contribution in [0.1, 0.15) is 6.92 Å². The topological polar surface area (TPSA) is 53.9 Å². The molecule has 0 bridgehead atoms. The lowest BCUT2D eigenvalue weighted by atomic mass is 10.2. The number of fused-ring (bicyclic) bond motifs is 1. The molecule has 5 heteroatoms.